The molecule has 138 valence electrons. The van der Waals surface area contributed by atoms with E-state index in [9.17, 15) is 9.59 Å². The Kier molecular flexibility index (Phi) is 7.10. The number of hydrogen-bond donors (Lipinski definition) is 1. The van der Waals surface area contributed by atoms with Gasteiger partial charge in [0.2, 0.25) is 0 Å². The molecule has 0 radical (unpaired) electrons. The van der Waals surface area contributed by atoms with Crippen molar-refractivity contribution >= 4 is 11.9 Å². The number of esters is 1. The fourth-order valence-corrected chi connectivity index (χ4v) is 3.00. The van der Waals surface area contributed by atoms with Gasteiger partial charge >= 0.3 is 5.97 Å². The molecule has 0 aromatic heterocycles. The van der Waals surface area contributed by atoms with E-state index in [-0.39, 0.29) is 11.9 Å². The fraction of sp³-hybridized carbons (Fsp3) is 0.579. The van der Waals surface area contributed by atoms with Crippen LogP contribution in [-0.2, 0) is 9.53 Å². The molecule has 1 aliphatic rings. The van der Waals surface area contributed by atoms with Crippen LogP contribution in [0.2, 0.25) is 0 Å². The summed E-state index contributed by atoms with van der Waals surface area (Å²) < 4.78 is 15.7. The zero-order chi connectivity index (χ0) is 18.2. The molecular weight excluding hydrogens is 322 g/mol. The van der Waals surface area contributed by atoms with E-state index in [0.29, 0.717) is 17.1 Å². The molecule has 1 aromatic rings. The number of methoxy groups -OCH3 is 2. The minimum atomic E-state index is -0.652. The molecule has 0 aliphatic heterocycles. The smallest absolute Gasteiger partial charge is 0.337 e. The third-order valence-corrected chi connectivity index (χ3v) is 4.46. The van der Waals surface area contributed by atoms with Gasteiger partial charge in [-0.2, -0.15) is 0 Å². The van der Waals surface area contributed by atoms with Crippen molar-refractivity contribution < 1.29 is 23.8 Å². The van der Waals surface area contributed by atoms with E-state index in [4.69, 9.17) is 14.2 Å². The van der Waals surface area contributed by atoms with Gasteiger partial charge in [-0.25, -0.2) is 4.79 Å². The van der Waals surface area contributed by atoms with Crippen LogP contribution in [0.3, 0.4) is 0 Å². The minimum absolute atomic E-state index is 0.133. The molecule has 0 saturated heterocycles. The number of carbonyl (C=O) groups excluding carboxylic acids is 2. The van der Waals surface area contributed by atoms with Crippen molar-refractivity contribution in [3.63, 3.8) is 0 Å². The molecule has 6 heteroatoms. The Morgan fingerprint density at radius 1 is 1.08 bits per heavy atom. The second-order valence-electron chi connectivity index (χ2n) is 6.31. The predicted molar refractivity (Wildman–Crippen MR) is 94.1 cm³/mol. The quantitative estimate of drug-likeness (QED) is 0.631. The second-order valence-corrected chi connectivity index (χ2v) is 6.31. The fourth-order valence-electron chi connectivity index (χ4n) is 3.00. The van der Waals surface area contributed by atoms with Gasteiger partial charge in [-0.1, -0.05) is 25.7 Å². The highest BCUT2D eigenvalue weighted by Crippen LogP contribution is 2.29. The Labute approximate surface area is 148 Å². The van der Waals surface area contributed by atoms with Crippen LogP contribution in [0.1, 0.15) is 55.8 Å². The summed E-state index contributed by atoms with van der Waals surface area (Å²) in [5, 5.41) is 3.08. The highest BCUT2D eigenvalue weighted by Gasteiger charge is 2.21. The summed E-state index contributed by atoms with van der Waals surface area (Å²) in [6, 6.07) is 4.96. The van der Waals surface area contributed by atoms with Crippen molar-refractivity contribution in [3.05, 3.63) is 23.8 Å². The van der Waals surface area contributed by atoms with Crippen molar-refractivity contribution in [2.45, 2.75) is 57.6 Å². The van der Waals surface area contributed by atoms with Crippen LogP contribution >= 0.6 is 0 Å². The van der Waals surface area contributed by atoms with E-state index in [1.165, 1.54) is 33.1 Å². The first-order chi connectivity index (χ1) is 12.0. The standard InChI is InChI=1S/C19H27NO5/c1-13(18(21)20-15-8-6-4-5-7-9-15)25-16-11-10-14(19(22)24-3)12-17(16)23-2/h10-13,15H,4-9H2,1-3H3,(H,20,21)/t13-/m0/s1. The second kappa shape index (κ2) is 9.30. The van der Waals surface area contributed by atoms with Crippen molar-refractivity contribution in [3.8, 4) is 11.5 Å². The van der Waals surface area contributed by atoms with E-state index in [2.05, 4.69) is 5.32 Å². The van der Waals surface area contributed by atoms with Gasteiger partial charge in [-0.05, 0) is 38.0 Å². The highest BCUT2D eigenvalue weighted by atomic mass is 16.5. The molecule has 1 saturated carbocycles. The Morgan fingerprint density at radius 2 is 1.76 bits per heavy atom. The molecular formula is C19H27NO5. The van der Waals surface area contributed by atoms with Crippen LogP contribution in [0.15, 0.2) is 18.2 Å². The van der Waals surface area contributed by atoms with Gasteiger partial charge in [-0.3, -0.25) is 4.79 Å². The summed E-state index contributed by atoms with van der Waals surface area (Å²) in [7, 11) is 2.80. The van der Waals surface area contributed by atoms with Crippen molar-refractivity contribution in [1.29, 1.82) is 0 Å². The summed E-state index contributed by atoms with van der Waals surface area (Å²) in [6.45, 7) is 1.71. The van der Waals surface area contributed by atoms with E-state index in [1.54, 1.807) is 19.1 Å². The molecule has 0 unspecified atom stereocenters. The lowest BCUT2D eigenvalue weighted by atomic mass is 10.1. The lowest BCUT2D eigenvalue weighted by Gasteiger charge is -2.21. The van der Waals surface area contributed by atoms with Crippen molar-refractivity contribution in [1.82, 2.24) is 5.32 Å². The van der Waals surface area contributed by atoms with Crippen LogP contribution in [0, 0.1) is 0 Å². The Morgan fingerprint density at radius 3 is 2.36 bits per heavy atom. The Hall–Kier alpha value is -2.24. The van der Waals surface area contributed by atoms with Crippen molar-refractivity contribution in [2.24, 2.45) is 0 Å². The van der Waals surface area contributed by atoms with Crippen molar-refractivity contribution in [2.75, 3.05) is 14.2 Å². The molecule has 1 fully saturated rings. The molecule has 1 N–H and O–H groups in total. The van der Waals surface area contributed by atoms with Gasteiger partial charge in [-0.15, -0.1) is 0 Å². The van der Waals surface area contributed by atoms with Gasteiger partial charge in [0.05, 0.1) is 19.8 Å². The zero-order valence-corrected chi connectivity index (χ0v) is 15.2. The van der Waals surface area contributed by atoms with Crippen LogP contribution in [0.4, 0.5) is 0 Å². The SMILES string of the molecule is COC(=O)c1ccc(O[C@@H](C)C(=O)NC2CCCCCC2)c(OC)c1. The van der Waals surface area contributed by atoms with Crippen LogP contribution in [-0.4, -0.2) is 38.2 Å². The molecule has 0 heterocycles. The molecule has 1 aromatic carbocycles. The van der Waals surface area contributed by atoms with Gasteiger partial charge < -0.3 is 19.5 Å². The molecule has 25 heavy (non-hydrogen) atoms. The average Bonchev–Trinajstić information content (AvgIpc) is 2.89. The topological polar surface area (TPSA) is 73.9 Å². The number of ether oxygens (including phenoxy) is 3. The van der Waals surface area contributed by atoms with Gasteiger partial charge in [0.15, 0.2) is 17.6 Å². The lowest BCUT2D eigenvalue weighted by Crippen LogP contribution is -2.42. The maximum Gasteiger partial charge on any atom is 0.337 e. The first-order valence-corrected chi connectivity index (χ1v) is 8.78. The number of nitrogens with one attached hydrogen (secondary N) is 1. The Bertz CT molecular complexity index is 593. The number of benzene rings is 1. The van der Waals surface area contributed by atoms with Crippen LogP contribution in [0.5, 0.6) is 11.5 Å². The van der Waals surface area contributed by atoms with E-state index in [1.807, 2.05) is 0 Å². The van der Waals surface area contributed by atoms with Gasteiger partial charge in [0.1, 0.15) is 0 Å². The lowest BCUT2D eigenvalue weighted by molar-refractivity contribution is -0.128. The summed E-state index contributed by atoms with van der Waals surface area (Å²) in [5.74, 6) is 0.214. The molecule has 1 atom stereocenters. The molecule has 1 amide bonds. The Balaban J connectivity index is 1.99. The third kappa shape index (κ3) is 5.37. The third-order valence-electron chi connectivity index (χ3n) is 4.46. The van der Waals surface area contributed by atoms with Gasteiger partial charge in [0.25, 0.3) is 5.91 Å². The van der Waals surface area contributed by atoms with Crippen LogP contribution in [0.25, 0.3) is 0 Å². The first kappa shape index (κ1) is 19.1. The number of hydrogen-bond acceptors (Lipinski definition) is 5. The summed E-state index contributed by atoms with van der Waals surface area (Å²) in [6.07, 6.45) is 6.18. The number of rotatable bonds is 6. The first-order valence-electron chi connectivity index (χ1n) is 8.78. The minimum Gasteiger partial charge on any atom is -0.493 e. The van der Waals surface area contributed by atoms with Crippen LogP contribution < -0.4 is 14.8 Å². The monoisotopic (exact) mass is 349 g/mol. The number of carbonyl (C=O) groups is 2. The van der Waals surface area contributed by atoms with Gasteiger partial charge in [0, 0.05) is 6.04 Å². The van der Waals surface area contributed by atoms with E-state index < -0.39 is 12.1 Å². The molecule has 0 spiro atoms. The maximum absolute atomic E-state index is 12.4. The molecule has 1 aliphatic carbocycles. The predicted octanol–water partition coefficient (Wildman–Crippen LogP) is 3.09. The summed E-state index contributed by atoms with van der Waals surface area (Å²) in [4.78, 5) is 24.0. The zero-order valence-electron chi connectivity index (χ0n) is 15.2. The molecule has 0 bridgehead atoms. The summed E-state index contributed by atoms with van der Waals surface area (Å²) >= 11 is 0. The number of amides is 1. The maximum atomic E-state index is 12.4. The van der Waals surface area contributed by atoms with E-state index in [0.717, 1.165) is 25.7 Å². The summed E-state index contributed by atoms with van der Waals surface area (Å²) in [5.41, 5.74) is 0.363. The molecule has 6 nitrogen and oxygen atoms in total. The largest absolute Gasteiger partial charge is 0.493 e. The average molecular weight is 349 g/mol. The normalized spacial score (nSPS) is 16.4. The molecule has 2 rings (SSSR count). The highest BCUT2D eigenvalue weighted by molar-refractivity contribution is 5.90. The van der Waals surface area contributed by atoms with E-state index >= 15 is 0 Å².